The highest BCUT2D eigenvalue weighted by Gasteiger charge is 2.31. The van der Waals surface area contributed by atoms with Crippen molar-refractivity contribution in [3.63, 3.8) is 0 Å². The zero-order chi connectivity index (χ0) is 13.1. The Morgan fingerprint density at radius 1 is 1.50 bits per heavy atom. The molecule has 1 fully saturated rings. The quantitative estimate of drug-likeness (QED) is 0.921. The van der Waals surface area contributed by atoms with Crippen LogP contribution in [0, 0.1) is 11.7 Å². The summed E-state index contributed by atoms with van der Waals surface area (Å²) in [5, 5.41) is 3.34. The molecule has 1 N–H and O–H groups in total. The van der Waals surface area contributed by atoms with Crippen LogP contribution in [0.15, 0.2) is 22.7 Å². The van der Waals surface area contributed by atoms with E-state index in [2.05, 4.69) is 28.2 Å². The van der Waals surface area contributed by atoms with Crippen molar-refractivity contribution in [2.24, 2.45) is 5.92 Å². The van der Waals surface area contributed by atoms with Gasteiger partial charge in [0.25, 0.3) is 0 Å². The Hall–Kier alpha value is -0.450. The summed E-state index contributed by atoms with van der Waals surface area (Å²) in [6.45, 7) is 2.94. The molecule has 18 heavy (non-hydrogen) atoms. The highest BCUT2D eigenvalue weighted by atomic mass is 79.9. The van der Waals surface area contributed by atoms with Gasteiger partial charge in [0, 0.05) is 23.0 Å². The van der Waals surface area contributed by atoms with E-state index in [0.717, 1.165) is 29.5 Å². The summed E-state index contributed by atoms with van der Waals surface area (Å²) in [4.78, 5) is 0. The van der Waals surface area contributed by atoms with E-state index in [4.69, 9.17) is 4.74 Å². The first kappa shape index (κ1) is 14.0. The molecule has 4 heteroatoms. The summed E-state index contributed by atoms with van der Waals surface area (Å²) in [5.74, 6) is 0.307. The SMILES string of the molecule is CNC(Cc1cc(F)cc(Br)c1)C1CCOC1C. The number of nitrogens with one attached hydrogen (secondary N) is 1. The van der Waals surface area contributed by atoms with Crippen LogP contribution in [0.3, 0.4) is 0 Å². The van der Waals surface area contributed by atoms with Crippen LogP contribution < -0.4 is 5.32 Å². The fourth-order valence-corrected chi connectivity index (χ4v) is 3.24. The Labute approximate surface area is 116 Å². The smallest absolute Gasteiger partial charge is 0.124 e. The molecule has 100 valence electrons. The van der Waals surface area contributed by atoms with Gasteiger partial charge in [-0.1, -0.05) is 15.9 Å². The molecule has 0 aliphatic carbocycles. The summed E-state index contributed by atoms with van der Waals surface area (Å²) in [5.41, 5.74) is 1.01. The number of hydrogen-bond donors (Lipinski definition) is 1. The van der Waals surface area contributed by atoms with Crippen molar-refractivity contribution >= 4 is 15.9 Å². The van der Waals surface area contributed by atoms with Crippen molar-refractivity contribution in [3.05, 3.63) is 34.1 Å². The van der Waals surface area contributed by atoms with Crippen LogP contribution in [0.5, 0.6) is 0 Å². The Bertz CT molecular complexity index is 393. The molecule has 1 aromatic carbocycles. The average molecular weight is 316 g/mol. The van der Waals surface area contributed by atoms with E-state index in [1.165, 1.54) is 6.07 Å². The summed E-state index contributed by atoms with van der Waals surface area (Å²) < 4.78 is 19.8. The van der Waals surface area contributed by atoms with E-state index >= 15 is 0 Å². The molecular weight excluding hydrogens is 297 g/mol. The van der Waals surface area contributed by atoms with Crippen LogP contribution in [-0.2, 0) is 11.2 Å². The van der Waals surface area contributed by atoms with Crippen LogP contribution in [0.25, 0.3) is 0 Å². The fraction of sp³-hybridized carbons (Fsp3) is 0.571. The van der Waals surface area contributed by atoms with Gasteiger partial charge in [-0.3, -0.25) is 0 Å². The third-order valence-electron chi connectivity index (χ3n) is 3.70. The van der Waals surface area contributed by atoms with Crippen LogP contribution in [0.4, 0.5) is 4.39 Å². The molecule has 1 heterocycles. The zero-order valence-electron chi connectivity index (χ0n) is 10.7. The lowest BCUT2D eigenvalue weighted by molar-refractivity contribution is 0.0963. The molecule has 0 amide bonds. The molecule has 3 unspecified atom stereocenters. The summed E-state index contributed by atoms with van der Waals surface area (Å²) in [6, 6.07) is 5.40. The Morgan fingerprint density at radius 2 is 2.28 bits per heavy atom. The Balaban J connectivity index is 2.09. The lowest BCUT2D eigenvalue weighted by Gasteiger charge is -2.25. The van der Waals surface area contributed by atoms with E-state index < -0.39 is 0 Å². The third-order valence-corrected chi connectivity index (χ3v) is 4.16. The minimum atomic E-state index is -0.190. The van der Waals surface area contributed by atoms with Crippen molar-refractivity contribution < 1.29 is 9.13 Å². The van der Waals surface area contributed by atoms with E-state index in [9.17, 15) is 4.39 Å². The van der Waals surface area contributed by atoms with E-state index in [0.29, 0.717) is 12.0 Å². The van der Waals surface area contributed by atoms with Gasteiger partial charge in [-0.05, 0) is 50.6 Å². The van der Waals surface area contributed by atoms with Crippen LogP contribution >= 0.6 is 15.9 Å². The molecule has 1 aliphatic rings. The molecule has 0 saturated carbocycles. The molecule has 0 radical (unpaired) electrons. The van der Waals surface area contributed by atoms with Gasteiger partial charge in [0.2, 0.25) is 0 Å². The topological polar surface area (TPSA) is 21.3 Å². The first-order valence-corrected chi connectivity index (χ1v) is 7.13. The predicted octanol–water partition coefficient (Wildman–Crippen LogP) is 3.14. The lowest BCUT2D eigenvalue weighted by Crippen LogP contribution is -2.38. The second-order valence-corrected chi connectivity index (χ2v) is 5.82. The van der Waals surface area contributed by atoms with Crippen molar-refractivity contribution in [2.45, 2.75) is 31.9 Å². The Morgan fingerprint density at radius 3 is 2.83 bits per heavy atom. The van der Waals surface area contributed by atoms with Gasteiger partial charge in [-0.25, -0.2) is 4.39 Å². The summed E-state index contributed by atoms with van der Waals surface area (Å²) in [6.07, 6.45) is 2.17. The molecule has 0 spiro atoms. The molecule has 3 atom stereocenters. The van der Waals surface area contributed by atoms with Crippen molar-refractivity contribution in [1.29, 1.82) is 0 Å². The minimum Gasteiger partial charge on any atom is -0.378 e. The van der Waals surface area contributed by atoms with E-state index in [1.807, 2.05) is 13.1 Å². The zero-order valence-corrected chi connectivity index (χ0v) is 12.3. The monoisotopic (exact) mass is 315 g/mol. The van der Waals surface area contributed by atoms with E-state index in [1.54, 1.807) is 6.07 Å². The maximum absolute atomic E-state index is 13.4. The second-order valence-electron chi connectivity index (χ2n) is 4.91. The van der Waals surface area contributed by atoms with Crippen LogP contribution in [0.1, 0.15) is 18.9 Å². The summed E-state index contributed by atoms with van der Waals surface area (Å²) in [7, 11) is 1.96. The first-order chi connectivity index (χ1) is 8.60. The van der Waals surface area contributed by atoms with Crippen molar-refractivity contribution in [2.75, 3.05) is 13.7 Å². The van der Waals surface area contributed by atoms with Gasteiger partial charge in [-0.15, -0.1) is 0 Å². The van der Waals surface area contributed by atoms with Gasteiger partial charge in [0.1, 0.15) is 5.82 Å². The number of ether oxygens (including phenoxy) is 1. The average Bonchev–Trinajstić information content (AvgIpc) is 2.71. The lowest BCUT2D eigenvalue weighted by atomic mass is 9.89. The molecular formula is C14H19BrFNO. The predicted molar refractivity (Wildman–Crippen MR) is 74.2 cm³/mol. The molecule has 2 nitrogen and oxygen atoms in total. The molecule has 0 aromatic heterocycles. The van der Waals surface area contributed by atoms with Crippen LogP contribution in [-0.4, -0.2) is 25.8 Å². The standard InChI is InChI=1S/C14H19BrFNO/c1-9-13(3-4-18-9)14(17-2)7-10-5-11(15)8-12(16)6-10/h5-6,8-9,13-14,17H,3-4,7H2,1-2H3. The largest absolute Gasteiger partial charge is 0.378 e. The summed E-state index contributed by atoms with van der Waals surface area (Å²) >= 11 is 3.34. The van der Waals surface area contributed by atoms with Gasteiger partial charge >= 0.3 is 0 Å². The molecule has 0 bridgehead atoms. The highest BCUT2D eigenvalue weighted by Crippen LogP contribution is 2.26. The minimum absolute atomic E-state index is 0.190. The second kappa shape index (κ2) is 6.13. The number of benzene rings is 1. The maximum atomic E-state index is 13.4. The maximum Gasteiger partial charge on any atom is 0.124 e. The van der Waals surface area contributed by atoms with Gasteiger partial charge < -0.3 is 10.1 Å². The number of hydrogen-bond acceptors (Lipinski definition) is 2. The molecule has 1 saturated heterocycles. The van der Waals surface area contributed by atoms with Gasteiger partial charge in [0.15, 0.2) is 0 Å². The number of halogens is 2. The van der Waals surface area contributed by atoms with Crippen molar-refractivity contribution in [1.82, 2.24) is 5.32 Å². The van der Waals surface area contributed by atoms with Crippen molar-refractivity contribution in [3.8, 4) is 0 Å². The van der Waals surface area contributed by atoms with E-state index in [-0.39, 0.29) is 11.9 Å². The number of likely N-dealkylation sites (N-methyl/N-ethyl adjacent to an activating group) is 1. The number of rotatable bonds is 4. The molecule has 2 rings (SSSR count). The van der Waals surface area contributed by atoms with Gasteiger partial charge in [0.05, 0.1) is 6.10 Å². The third kappa shape index (κ3) is 3.31. The Kier molecular flexibility index (Phi) is 4.76. The van der Waals surface area contributed by atoms with Gasteiger partial charge in [-0.2, -0.15) is 0 Å². The first-order valence-electron chi connectivity index (χ1n) is 6.34. The fourth-order valence-electron chi connectivity index (χ4n) is 2.73. The normalized spacial score (nSPS) is 25.3. The molecule has 1 aliphatic heterocycles. The van der Waals surface area contributed by atoms with Crippen LogP contribution in [0.2, 0.25) is 0 Å². The molecule has 1 aromatic rings. The highest BCUT2D eigenvalue weighted by molar-refractivity contribution is 9.10.